The molecule has 0 fully saturated rings. The molecule has 1 atom stereocenters. The van der Waals surface area contributed by atoms with E-state index in [1.807, 2.05) is 37.4 Å². The van der Waals surface area contributed by atoms with Crippen molar-refractivity contribution in [2.75, 3.05) is 7.05 Å². The van der Waals surface area contributed by atoms with Gasteiger partial charge in [-0.1, -0.05) is 23.4 Å². The molecule has 0 aliphatic heterocycles. The van der Waals surface area contributed by atoms with Gasteiger partial charge >= 0.3 is 0 Å². The van der Waals surface area contributed by atoms with Crippen LogP contribution < -0.4 is 5.32 Å². The average molecular weight is 255 g/mol. The smallest absolute Gasteiger partial charge is 0.147 e. The second-order valence-corrected chi connectivity index (χ2v) is 4.00. The molecule has 7 nitrogen and oxygen atoms in total. The van der Waals surface area contributed by atoms with E-state index in [-0.39, 0.29) is 6.04 Å². The highest BCUT2D eigenvalue weighted by atomic mass is 15.4. The fraction of sp³-hybridized carbons (Fsp3) is 0.167. The molecule has 7 heteroatoms. The second-order valence-electron chi connectivity index (χ2n) is 4.00. The van der Waals surface area contributed by atoms with Crippen molar-refractivity contribution in [2.45, 2.75) is 6.04 Å². The van der Waals surface area contributed by atoms with Gasteiger partial charge < -0.3 is 5.32 Å². The number of hydrogen-bond acceptors (Lipinski definition) is 5. The van der Waals surface area contributed by atoms with Gasteiger partial charge in [-0.2, -0.15) is 5.10 Å². The van der Waals surface area contributed by atoms with E-state index >= 15 is 0 Å². The van der Waals surface area contributed by atoms with Gasteiger partial charge in [-0.15, -0.1) is 5.10 Å². The number of hydrogen-bond donors (Lipinski definition) is 2. The molecule has 2 N–H and O–H groups in total. The first-order chi connectivity index (χ1) is 9.40. The molecule has 0 saturated heterocycles. The van der Waals surface area contributed by atoms with Gasteiger partial charge in [-0.25, -0.2) is 9.67 Å². The van der Waals surface area contributed by atoms with Gasteiger partial charge in [0.25, 0.3) is 0 Å². The first-order valence-corrected chi connectivity index (χ1v) is 5.88. The largest absolute Gasteiger partial charge is 0.305 e. The van der Waals surface area contributed by atoms with Crippen molar-refractivity contribution in [2.24, 2.45) is 0 Å². The lowest BCUT2D eigenvalue weighted by Crippen LogP contribution is -2.22. The summed E-state index contributed by atoms with van der Waals surface area (Å²) in [4.78, 5) is 4.18. The molecule has 0 amide bonds. The summed E-state index contributed by atoms with van der Waals surface area (Å²) in [5.41, 5.74) is 1.85. The summed E-state index contributed by atoms with van der Waals surface area (Å²) in [5.74, 6) is 0.724. The quantitative estimate of drug-likeness (QED) is 0.716. The third-order valence-corrected chi connectivity index (χ3v) is 2.87. The minimum absolute atomic E-state index is 0.141. The van der Waals surface area contributed by atoms with Crippen LogP contribution >= 0.6 is 0 Å². The van der Waals surface area contributed by atoms with Crippen LogP contribution in [0.15, 0.2) is 42.9 Å². The van der Waals surface area contributed by atoms with Crippen LogP contribution in [-0.2, 0) is 0 Å². The lowest BCUT2D eigenvalue weighted by Gasteiger charge is -2.14. The first-order valence-electron chi connectivity index (χ1n) is 5.88. The normalized spacial score (nSPS) is 12.5. The molecule has 1 aromatic carbocycles. The van der Waals surface area contributed by atoms with Crippen LogP contribution in [0, 0.1) is 0 Å². The van der Waals surface area contributed by atoms with Crippen molar-refractivity contribution in [3.8, 4) is 5.69 Å². The molecule has 3 rings (SSSR count). The van der Waals surface area contributed by atoms with E-state index in [2.05, 4.69) is 30.8 Å². The molecular formula is C12H13N7. The van der Waals surface area contributed by atoms with E-state index in [0.29, 0.717) is 0 Å². The van der Waals surface area contributed by atoms with Crippen molar-refractivity contribution in [1.29, 1.82) is 0 Å². The van der Waals surface area contributed by atoms with Gasteiger partial charge in [-0.3, -0.25) is 5.10 Å². The van der Waals surface area contributed by atoms with Crippen molar-refractivity contribution in [3.05, 3.63) is 54.4 Å². The molecule has 0 aliphatic carbocycles. The Labute approximate surface area is 109 Å². The number of nitrogens with zero attached hydrogens (tertiary/aromatic N) is 5. The lowest BCUT2D eigenvalue weighted by molar-refractivity contribution is 0.604. The molecule has 0 aliphatic rings. The molecule has 3 aromatic rings. The van der Waals surface area contributed by atoms with E-state index in [4.69, 9.17) is 0 Å². The zero-order valence-corrected chi connectivity index (χ0v) is 10.4. The Morgan fingerprint density at radius 2 is 2.11 bits per heavy atom. The highest BCUT2D eigenvalue weighted by molar-refractivity contribution is 5.33. The Morgan fingerprint density at radius 1 is 1.26 bits per heavy atom. The van der Waals surface area contributed by atoms with Gasteiger partial charge in [0, 0.05) is 0 Å². The average Bonchev–Trinajstić information content (AvgIpc) is 3.12. The number of benzene rings is 1. The van der Waals surface area contributed by atoms with Crippen LogP contribution in [0.4, 0.5) is 0 Å². The van der Waals surface area contributed by atoms with Gasteiger partial charge in [0.2, 0.25) is 0 Å². The fourth-order valence-corrected chi connectivity index (χ4v) is 1.99. The highest BCUT2D eigenvalue weighted by Crippen LogP contribution is 2.19. The van der Waals surface area contributed by atoms with Gasteiger partial charge in [-0.05, 0) is 19.2 Å². The fourth-order valence-electron chi connectivity index (χ4n) is 1.99. The summed E-state index contributed by atoms with van der Waals surface area (Å²) < 4.78 is 1.78. The third kappa shape index (κ3) is 2.11. The summed E-state index contributed by atoms with van der Waals surface area (Å²) in [6.45, 7) is 0. The maximum Gasteiger partial charge on any atom is 0.147 e. The maximum absolute atomic E-state index is 4.18. The van der Waals surface area contributed by atoms with Gasteiger partial charge in [0.05, 0.1) is 17.6 Å². The molecule has 0 bridgehead atoms. The maximum atomic E-state index is 4.18. The molecule has 96 valence electrons. The van der Waals surface area contributed by atoms with Crippen molar-refractivity contribution < 1.29 is 0 Å². The molecule has 0 radical (unpaired) electrons. The minimum atomic E-state index is -0.141. The molecule has 2 aromatic heterocycles. The lowest BCUT2D eigenvalue weighted by atomic mass is 10.2. The molecule has 0 saturated carbocycles. The molecule has 0 spiro atoms. The van der Waals surface area contributed by atoms with Crippen LogP contribution in [0.25, 0.3) is 5.69 Å². The minimum Gasteiger partial charge on any atom is -0.305 e. The number of para-hydroxylation sites is 1. The highest BCUT2D eigenvalue weighted by Gasteiger charge is 2.20. The Morgan fingerprint density at radius 3 is 2.79 bits per heavy atom. The van der Waals surface area contributed by atoms with Crippen LogP contribution in [0.2, 0.25) is 0 Å². The van der Waals surface area contributed by atoms with Gasteiger partial charge in [0.15, 0.2) is 0 Å². The molecule has 2 heterocycles. The van der Waals surface area contributed by atoms with E-state index in [0.717, 1.165) is 17.2 Å². The number of rotatable bonds is 4. The van der Waals surface area contributed by atoms with E-state index in [1.54, 1.807) is 10.9 Å². The Bertz CT molecular complexity index is 629. The van der Waals surface area contributed by atoms with E-state index in [1.165, 1.54) is 6.33 Å². The zero-order valence-electron chi connectivity index (χ0n) is 10.4. The van der Waals surface area contributed by atoms with Crippen LogP contribution in [0.5, 0.6) is 0 Å². The Balaban J connectivity index is 2.04. The number of aromatic amines is 1. The predicted molar refractivity (Wildman–Crippen MR) is 68.6 cm³/mol. The zero-order chi connectivity index (χ0) is 13.1. The third-order valence-electron chi connectivity index (χ3n) is 2.87. The van der Waals surface area contributed by atoms with Crippen LogP contribution in [0.1, 0.15) is 17.6 Å². The topological polar surface area (TPSA) is 84.3 Å². The Kier molecular flexibility index (Phi) is 3.03. The van der Waals surface area contributed by atoms with Crippen molar-refractivity contribution in [3.63, 3.8) is 0 Å². The van der Waals surface area contributed by atoms with E-state index < -0.39 is 0 Å². The number of nitrogens with one attached hydrogen (secondary N) is 2. The molecule has 19 heavy (non-hydrogen) atoms. The predicted octanol–water partition coefficient (Wildman–Crippen LogP) is 0.694. The monoisotopic (exact) mass is 255 g/mol. The Hall–Kier alpha value is -2.54. The number of aromatic nitrogens is 6. The van der Waals surface area contributed by atoms with Crippen molar-refractivity contribution >= 4 is 0 Å². The summed E-state index contributed by atoms with van der Waals surface area (Å²) in [7, 11) is 1.86. The number of H-pyrrole nitrogens is 1. The second kappa shape index (κ2) is 4.99. The molecule has 1 unspecified atom stereocenters. The standard InChI is InChI=1S/C12H13N7/c1-13-11(12-14-8-16-17-12)10-7-15-18-19(10)9-5-3-2-4-6-9/h2-8,11,13H,1H3,(H,14,16,17). The summed E-state index contributed by atoms with van der Waals surface area (Å²) >= 11 is 0. The van der Waals surface area contributed by atoms with Gasteiger partial charge in [0.1, 0.15) is 18.2 Å². The summed E-state index contributed by atoms with van der Waals surface area (Å²) in [6, 6.07) is 9.70. The van der Waals surface area contributed by atoms with Crippen molar-refractivity contribution in [1.82, 2.24) is 35.5 Å². The van der Waals surface area contributed by atoms with E-state index in [9.17, 15) is 0 Å². The van der Waals surface area contributed by atoms with Crippen LogP contribution in [0.3, 0.4) is 0 Å². The van der Waals surface area contributed by atoms with Crippen LogP contribution in [-0.4, -0.2) is 37.2 Å². The summed E-state index contributed by atoms with van der Waals surface area (Å²) in [5, 5.41) is 18.0. The summed E-state index contributed by atoms with van der Waals surface area (Å²) in [6.07, 6.45) is 3.20. The first kappa shape index (κ1) is 11.5. The molecular weight excluding hydrogens is 242 g/mol. The SMILES string of the molecule is CNC(c1ncn[nH]1)c1cnnn1-c1ccccc1.